The normalized spacial score (nSPS) is 15.2. The first-order valence-corrected chi connectivity index (χ1v) is 5.27. The number of alkyl halides is 3. The van der Waals surface area contributed by atoms with Crippen LogP contribution in [0.4, 0.5) is 13.2 Å². The SMILES string of the molecule is CC[C@H](O)[C@H](N)c1cc(OC(F)(F)F)ccc1O. The van der Waals surface area contributed by atoms with E-state index in [9.17, 15) is 23.4 Å². The van der Waals surface area contributed by atoms with Crippen LogP contribution in [0.15, 0.2) is 18.2 Å². The fourth-order valence-corrected chi connectivity index (χ4v) is 1.46. The fraction of sp³-hybridized carbons (Fsp3) is 0.455. The Morgan fingerprint density at radius 1 is 1.39 bits per heavy atom. The smallest absolute Gasteiger partial charge is 0.508 e. The lowest BCUT2D eigenvalue weighted by atomic mass is 9.99. The Labute approximate surface area is 102 Å². The lowest BCUT2D eigenvalue weighted by molar-refractivity contribution is -0.274. The van der Waals surface area contributed by atoms with Gasteiger partial charge in [-0.1, -0.05) is 6.92 Å². The predicted molar refractivity (Wildman–Crippen MR) is 58.0 cm³/mol. The largest absolute Gasteiger partial charge is 0.573 e. The van der Waals surface area contributed by atoms with Gasteiger partial charge in [0.05, 0.1) is 12.1 Å². The van der Waals surface area contributed by atoms with Gasteiger partial charge in [-0.3, -0.25) is 0 Å². The van der Waals surface area contributed by atoms with Crippen LogP contribution >= 0.6 is 0 Å². The van der Waals surface area contributed by atoms with E-state index in [4.69, 9.17) is 5.73 Å². The van der Waals surface area contributed by atoms with Gasteiger partial charge in [-0.2, -0.15) is 0 Å². The van der Waals surface area contributed by atoms with Crippen molar-refractivity contribution in [3.05, 3.63) is 23.8 Å². The zero-order chi connectivity index (χ0) is 13.9. The van der Waals surface area contributed by atoms with E-state index < -0.39 is 24.3 Å². The van der Waals surface area contributed by atoms with Gasteiger partial charge in [0.2, 0.25) is 0 Å². The molecule has 0 fully saturated rings. The number of hydrogen-bond acceptors (Lipinski definition) is 4. The van der Waals surface area contributed by atoms with Crippen molar-refractivity contribution in [3.8, 4) is 11.5 Å². The Hall–Kier alpha value is -1.47. The van der Waals surface area contributed by atoms with Crippen LogP contribution in [0.25, 0.3) is 0 Å². The van der Waals surface area contributed by atoms with E-state index in [1.807, 2.05) is 0 Å². The van der Waals surface area contributed by atoms with Crippen molar-refractivity contribution in [3.63, 3.8) is 0 Å². The number of aliphatic hydroxyl groups is 1. The molecule has 0 radical (unpaired) electrons. The van der Waals surface area contributed by atoms with Crippen LogP contribution in [0.1, 0.15) is 24.9 Å². The summed E-state index contributed by atoms with van der Waals surface area (Å²) in [6.07, 6.45) is -5.47. The first-order valence-electron chi connectivity index (χ1n) is 5.27. The van der Waals surface area contributed by atoms with E-state index in [0.29, 0.717) is 6.42 Å². The number of phenolic OH excluding ortho intramolecular Hbond substituents is 1. The van der Waals surface area contributed by atoms with Crippen LogP contribution in [-0.2, 0) is 0 Å². The van der Waals surface area contributed by atoms with E-state index >= 15 is 0 Å². The summed E-state index contributed by atoms with van der Waals surface area (Å²) in [5.74, 6) is -0.779. The summed E-state index contributed by atoms with van der Waals surface area (Å²) < 4.78 is 39.8. The van der Waals surface area contributed by atoms with Crippen LogP contribution < -0.4 is 10.5 Å². The molecule has 0 amide bonds. The molecule has 0 heterocycles. The number of halogens is 3. The summed E-state index contributed by atoms with van der Waals surface area (Å²) in [6.45, 7) is 1.66. The minimum atomic E-state index is -4.82. The average molecular weight is 265 g/mol. The number of phenols is 1. The van der Waals surface area contributed by atoms with E-state index in [-0.39, 0.29) is 11.3 Å². The summed E-state index contributed by atoms with van der Waals surface area (Å²) in [5, 5.41) is 19.0. The molecule has 1 aromatic carbocycles. The minimum Gasteiger partial charge on any atom is -0.508 e. The summed E-state index contributed by atoms with van der Waals surface area (Å²) in [4.78, 5) is 0. The molecule has 0 saturated heterocycles. The van der Waals surface area contributed by atoms with Gasteiger partial charge in [0, 0.05) is 5.56 Å². The number of hydrogen-bond donors (Lipinski definition) is 3. The molecule has 1 rings (SSSR count). The molecule has 0 aromatic heterocycles. The second-order valence-electron chi connectivity index (χ2n) is 3.77. The summed E-state index contributed by atoms with van der Waals surface area (Å²) in [5.41, 5.74) is 5.64. The van der Waals surface area contributed by atoms with E-state index in [0.717, 1.165) is 18.2 Å². The highest BCUT2D eigenvalue weighted by Gasteiger charge is 2.31. The van der Waals surface area contributed by atoms with Gasteiger partial charge in [0.1, 0.15) is 11.5 Å². The van der Waals surface area contributed by atoms with Gasteiger partial charge in [-0.25, -0.2) is 0 Å². The predicted octanol–water partition coefficient (Wildman–Crippen LogP) is 2.06. The maximum atomic E-state index is 12.0. The molecule has 1 aromatic rings. The summed E-state index contributed by atoms with van der Waals surface area (Å²) in [7, 11) is 0. The Balaban J connectivity index is 3.01. The van der Waals surface area contributed by atoms with Gasteiger partial charge < -0.3 is 20.7 Å². The van der Waals surface area contributed by atoms with Crippen LogP contribution in [0.3, 0.4) is 0 Å². The highest BCUT2D eigenvalue weighted by molar-refractivity contribution is 5.41. The Bertz CT molecular complexity index is 409. The summed E-state index contributed by atoms with van der Waals surface area (Å²) in [6, 6.07) is 1.99. The van der Waals surface area contributed by atoms with Crippen LogP contribution in [-0.4, -0.2) is 22.7 Å². The molecule has 18 heavy (non-hydrogen) atoms. The molecule has 7 heteroatoms. The van der Waals surface area contributed by atoms with Crippen molar-refractivity contribution < 1.29 is 28.1 Å². The van der Waals surface area contributed by atoms with Gasteiger partial charge >= 0.3 is 6.36 Å². The zero-order valence-electron chi connectivity index (χ0n) is 9.61. The number of rotatable bonds is 4. The third kappa shape index (κ3) is 3.78. The van der Waals surface area contributed by atoms with Crippen molar-refractivity contribution in [1.29, 1.82) is 0 Å². The molecule has 0 aliphatic carbocycles. The third-order valence-electron chi connectivity index (χ3n) is 2.42. The van der Waals surface area contributed by atoms with Crippen LogP contribution in [0.2, 0.25) is 0 Å². The molecule has 102 valence electrons. The Morgan fingerprint density at radius 2 is 2.00 bits per heavy atom. The second-order valence-corrected chi connectivity index (χ2v) is 3.77. The van der Waals surface area contributed by atoms with Crippen molar-refractivity contribution in [2.24, 2.45) is 5.73 Å². The topological polar surface area (TPSA) is 75.7 Å². The molecule has 0 spiro atoms. The number of aromatic hydroxyl groups is 1. The molecule has 2 atom stereocenters. The molecule has 4 N–H and O–H groups in total. The number of nitrogens with two attached hydrogens (primary N) is 1. The van der Waals surface area contributed by atoms with Gasteiger partial charge in [0.15, 0.2) is 0 Å². The van der Waals surface area contributed by atoms with E-state index in [1.54, 1.807) is 6.92 Å². The van der Waals surface area contributed by atoms with Gasteiger partial charge in [-0.05, 0) is 24.6 Å². The lowest BCUT2D eigenvalue weighted by Crippen LogP contribution is -2.25. The number of ether oxygens (including phenoxy) is 1. The van der Waals surface area contributed by atoms with Gasteiger partial charge in [0.25, 0.3) is 0 Å². The van der Waals surface area contributed by atoms with Crippen molar-refractivity contribution in [1.82, 2.24) is 0 Å². The maximum absolute atomic E-state index is 12.0. The maximum Gasteiger partial charge on any atom is 0.573 e. The van der Waals surface area contributed by atoms with Gasteiger partial charge in [-0.15, -0.1) is 13.2 Å². The van der Waals surface area contributed by atoms with Crippen LogP contribution in [0, 0.1) is 0 Å². The lowest BCUT2D eigenvalue weighted by Gasteiger charge is -2.19. The summed E-state index contributed by atoms with van der Waals surface area (Å²) >= 11 is 0. The fourth-order valence-electron chi connectivity index (χ4n) is 1.46. The van der Waals surface area contributed by atoms with E-state index in [1.165, 1.54) is 0 Å². The Kier molecular flexibility index (Phi) is 4.42. The first-order chi connectivity index (χ1) is 8.24. The second kappa shape index (κ2) is 5.45. The number of benzene rings is 1. The average Bonchev–Trinajstić information content (AvgIpc) is 2.28. The Morgan fingerprint density at radius 3 is 2.50 bits per heavy atom. The zero-order valence-corrected chi connectivity index (χ0v) is 9.61. The monoisotopic (exact) mass is 265 g/mol. The molecule has 0 saturated carbocycles. The molecular formula is C11H14F3NO3. The molecule has 0 aliphatic heterocycles. The molecule has 0 aliphatic rings. The highest BCUT2D eigenvalue weighted by atomic mass is 19.4. The molecule has 0 bridgehead atoms. The van der Waals surface area contributed by atoms with Crippen molar-refractivity contribution in [2.45, 2.75) is 31.9 Å². The standard InChI is InChI=1S/C11H14F3NO3/c1-2-8(16)10(15)7-5-6(3-4-9(7)17)18-11(12,13)14/h3-5,8,10,16-17H,2,15H2,1H3/t8-,10+/m0/s1. The molecule has 0 unspecified atom stereocenters. The van der Waals surface area contributed by atoms with Crippen LogP contribution in [0.5, 0.6) is 11.5 Å². The quantitative estimate of drug-likeness (QED) is 0.779. The molecular weight excluding hydrogens is 251 g/mol. The number of aliphatic hydroxyl groups excluding tert-OH is 1. The highest BCUT2D eigenvalue weighted by Crippen LogP contribution is 2.32. The first kappa shape index (κ1) is 14.6. The van der Waals surface area contributed by atoms with E-state index in [2.05, 4.69) is 4.74 Å². The minimum absolute atomic E-state index is 0.00565. The molecule has 4 nitrogen and oxygen atoms in total. The van der Waals surface area contributed by atoms with Crippen molar-refractivity contribution in [2.75, 3.05) is 0 Å². The van der Waals surface area contributed by atoms with Crippen molar-refractivity contribution >= 4 is 0 Å². The third-order valence-corrected chi connectivity index (χ3v) is 2.42.